The maximum absolute atomic E-state index is 12.7. The zero-order valence-corrected chi connectivity index (χ0v) is 13.3. The molecule has 4 nitrogen and oxygen atoms in total. The number of hydrogen-bond donors (Lipinski definition) is 1. The quantitative estimate of drug-likeness (QED) is 0.732. The molecule has 0 amide bonds. The average Bonchev–Trinajstić information content (AvgIpc) is 2.60. The first-order valence-corrected chi connectivity index (χ1v) is 7.60. The molecule has 3 aromatic rings. The Bertz CT molecular complexity index is 980. The number of halogens is 3. The number of ether oxygens (including phenoxy) is 1. The van der Waals surface area contributed by atoms with Crippen LogP contribution in [-0.2, 0) is 6.18 Å². The number of rotatable bonds is 4. The largest absolute Gasteiger partial charge is 0.457 e. The number of aromatic amines is 1. The molecule has 132 valence electrons. The Morgan fingerprint density at radius 1 is 0.923 bits per heavy atom. The lowest BCUT2D eigenvalue weighted by atomic mass is 10.2. The number of nitrogens with one attached hydrogen (secondary N) is 1. The molecule has 2 aromatic carbocycles. The molecule has 0 radical (unpaired) electrons. The fourth-order valence-electron chi connectivity index (χ4n) is 2.20. The number of hydrogen-bond acceptors (Lipinski definition) is 3. The third-order valence-corrected chi connectivity index (χ3v) is 3.35. The summed E-state index contributed by atoms with van der Waals surface area (Å²) < 4.78 is 43.9. The summed E-state index contributed by atoms with van der Waals surface area (Å²) in [6.07, 6.45) is -1.75. The van der Waals surface area contributed by atoms with E-state index in [4.69, 9.17) is 4.74 Å². The van der Waals surface area contributed by atoms with Gasteiger partial charge in [-0.15, -0.1) is 0 Å². The van der Waals surface area contributed by atoms with Gasteiger partial charge < -0.3 is 9.72 Å². The molecule has 7 heteroatoms. The predicted octanol–water partition coefficient (Wildman–Crippen LogP) is 4.75. The van der Waals surface area contributed by atoms with Gasteiger partial charge in [-0.05, 0) is 42.0 Å². The molecule has 0 aliphatic heterocycles. The number of benzene rings is 2. The summed E-state index contributed by atoms with van der Waals surface area (Å²) in [6.45, 7) is 0. The zero-order chi connectivity index (χ0) is 18.6. The van der Waals surface area contributed by atoms with E-state index < -0.39 is 17.6 Å². The molecule has 0 aliphatic carbocycles. The molecule has 3 rings (SSSR count). The summed E-state index contributed by atoms with van der Waals surface area (Å²) in [5.41, 5.74) is -1.59. The number of nitrogens with zero attached hydrogens (tertiary/aromatic N) is 1. The third kappa shape index (κ3) is 4.60. The maximum atomic E-state index is 12.7. The van der Waals surface area contributed by atoms with E-state index >= 15 is 0 Å². The molecule has 0 bridgehead atoms. The molecule has 0 atom stereocenters. The molecule has 0 spiro atoms. The van der Waals surface area contributed by atoms with Crippen LogP contribution in [0.25, 0.3) is 12.2 Å². The fraction of sp³-hybridized carbons (Fsp3) is 0.0526. The zero-order valence-electron chi connectivity index (χ0n) is 13.3. The molecule has 0 aliphatic rings. The Labute approximate surface area is 146 Å². The molecule has 0 saturated carbocycles. The number of aromatic nitrogens is 2. The van der Waals surface area contributed by atoms with Gasteiger partial charge in [0.15, 0.2) is 0 Å². The lowest BCUT2D eigenvalue weighted by Gasteiger charge is -2.06. The minimum absolute atomic E-state index is 0.0875. The first kappa shape index (κ1) is 17.5. The van der Waals surface area contributed by atoms with Crippen molar-refractivity contribution in [2.45, 2.75) is 6.18 Å². The van der Waals surface area contributed by atoms with Crippen molar-refractivity contribution in [3.05, 3.63) is 88.1 Å². The molecule has 1 aromatic heterocycles. The van der Waals surface area contributed by atoms with Crippen LogP contribution in [0.3, 0.4) is 0 Å². The molecule has 1 heterocycles. The van der Waals surface area contributed by atoms with Gasteiger partial charge in [-0.25, -0.2) is 4.79 Å². The minimum atomic E-state index is -4.64. The van der Waals surface area contributed by atoms with Crippen molar-refractivity contribution < 1.29 is 17.9 Å². The van der Waals surface area contributed by atoms with E-state index in [2.05, 4.69) is 4.98 Å². The Morgan fingerprint density at radius 2 is 1.65 bits per heavy atom. The van der Waals surface area contributed by atoms with Crippen molar-refractivity contribution in [1.29, 1.82) is 0 Å². The fourth-order valence-corrected chi connectivity index (χ4v) is 2.20. The van der Waals surface area contributed by atoms with Gasteiger partial charge in [-0.1, -0.05) is 36.4 Å². The van der Waals surface area contributed by atoms with Crippen LogP contribution in [0.5, 0.6) is 11.5 Å². The van der Waals surface area contributed by atoms with Gasteiger partial charge in [0.25, 0.3) is 0 Å². The van der Waals surface area contributed by atoms with Gasteiger partial charge in [-0.3, -0.25) is 0 Å². The van der Waals surface area contributed by atoms with Gasteiger partial charge >= 0.3 is 11.9 Å². The summed E-state index contributed by atoms with van der Waals surface area (Å²) in [5.74, 6) is 1.24. The highest BCUT2D eigenvalue weighted by Crippen LogP contribution is 2.27. The van der Waals surface area contributed by atoms with Crippen LogP contribution in [0.1, 0.15) is 17.0 Å². The van der Waals surface area contributed by atoms with Crippen molar-refractivity contribution in [3.63, 3.8) is 0 Å². The van der Waals surface area contributed by atoms with Crippen molar-refractivity contribution in [3.8, 4) is 11.5 Å². The number of alkyl halides is 3. The van der Waals surface area contributed by atoms with E-state index in [1.807, 2.05) is 18.2 Å². The van der Waals surface area contributed by atoms with Gasteiger partial charge in [0.2, 0.25) is 0 Å². The van der Waals surface area contributed by atoms with Gasteiger partial charge in [-0.2, -0.15) is 18.2 Å². The number of para-hydroxylation sites is 1. The Balaban J connectivity index is 1.82. The minimum Gasteiger partial charge on any atom is -0.457 e. The molecule has 26 heavy (non-hydrogen) atoms. The normalized spacial score (nSPS) is 11.7. The highest BCUT2D eigenvalue weighted by molar-refractivity contribution is 5.68. The van der Waals surface area contributed by atoms with Crippen LogP contribution < -0.4 is 10.4 Å². The lowest BCUT2D eigenvalue weighted by Crippen LogP contribution is -2.19. The molecular formula is C19H13F3N2O2. The van der Waals surface area contributed by atoms with Gasteiger partial charge in [0.05, 0.1) is 5.69 Å². The summed E-state index contributed by atoms with van der Waals surface area (Å²) in [7, 11) is 0. The highest BCUT2D eigenvalue weighted by Gasteiger charge is 2.32. The number of H-pyrrole nitrogens is 1. The van der Waals surface area contributed by atoms with Crippen molar-refractivity contribution in [2.75, 3.05) is 0 Å². The lowest BCUT2D eigenvalue weighted by molar-refractivity contribution is -0.141. The van der Waals surface area contributed by atoms with E-state index in [1.54, 1.807) is 47.5 Å². The monoisotopic (exact) mass is 358 g/mol. The van der Waals surface area contributed by atoms with E-state index in [-0.39, 0.29) is 5.69 Å². The second kappa shape index (κ2) is 7.26. The maximum Gasteiger partial charge on any atom is 0.431 e. The van der Waals surface area contributed by atoms with E-state index in [9.17, 15) is 18.0 Å². The average molecular weight is 358 g/mol. The van der Waals surface area contributed by atoms with Crippen LogP contribution in [0, 0.1) is 0 Å². The van der Waals surface area contributed by atoms with Crippen molar-refractivity contribution in [1.82, 2.24) is 9.97 Å². The summed E-state index contributed by atoms with van der Waals surface area (Å²) >= 11 is 0. The van der Waals surface area contributed by atoms with E-state index in [0.717, 1.165) is 6.07 Å². The third-order valence-electron chi connectivity index (χ3n) is 3.35. The van der Waals surface area contributed by atoms with Gasteiger partial charge in [0, 0.05) is 0 Å². The first-order chi connectivity index (χ1) is 12.4. The van der Waals surface area contributed by atoms with Crippen LogP contribution in [-0.4, -0.2) is 9.97 Å². The second-order valence-electron chi connectivity index (χ2n) is 5.34. The Morgan fingerprint density at radius 3 is 2.38 bits per heavy atom. The molecule has 0 unspecified atom stereocenters. The smallest absolute Gasteiger partial charge is 0.431 e. The standard InChI is InChI=1S/C19H13F3N2O2/c20-19(21,22)17-12-14(23-18(25)24-17)10-9-13-5-4-8-16(11-13)26-15-6-2-1-3-7-15/h1-12H,(H,23,24,25)/b10-9+. The molecule has 0 saturated heterocycles. The SMILES string of the molecule is O=c1nc(/C=C/c2cccc(Oc3ccccc3)c2)cc(C(F)(F)F)[nH]1. The van der Waals surface area contributed by atoms with Crippen LogP contribution in [0.4, 0.5) is 13.2 Å². The Kier molecular flexibility index (Phi) is 4.88. The van der Waals surface area contributed by atoms with Crippen LogP contribution in [0.15, 0.2) is 65.5 Å². The molecular weight excluding hydrogens is 345 g/mol. The summed E-state index contributed by atoms with van der Waals surface area (Å²) in [4.78, 5) is 16.5. The van der Waals surface area contributed by atoms with Crippen molar-refractivity contribution in [2.24, 2.45) is 0 Å². The highest BCUT2D eigenvalue weighted by atomic mass is 19.4. The Hall–Kier alpha value is -3.35. The van der Waals surface area contributed by atoms with E-state index in [1.165, 1.54) is 6.08 Å². The second-order valence-corrected chi connectivity index (χ2v) is 5.34. The summed E-state index contributed by atoms with van der Waals surface area (Å²) in [5, 5.41) is 0. The topological polar surface area (TPSA) is 55.0 Å². The van der Waals surface area contributed by atoms with E-state index in [0.29, 0.717) is 17.1 Å². The molecule has 0 fully saturated rings. The van der Waals surface area contributed by atoms with Crippen LogP contribution in [0.2, 0.25) is 0 Å². The van der Waals surface area contributed by atoms with Gasteiger partial charge in [0.1, 0.15) is 17.2 Å². The van der Waals surface area contributed by atoms with Crippen LogP contribution >= 0.6 is 0 Å². The predicted molar refractivity (Wildman–Crippen MR) is 91.7 cm³/mol. The summed E-state index contributed by atoms with van der Waals surface area (Å²) in [6, 6.07) is 16.9. The first-order valence-electron chi connectivity index (χ1n) is 7.60. The molecule has 1 N–H and O–H groups in total. The van der Waals surface area contributed by atoms with Crippen molar-refractivity contribution >= 4 is 12.2 Å².